The molecule has 1 amide bonds. The fourth-order valence-electron chi connectivity index (χ4n) is 1.92. The number of nitrogens with one attached hydrogen (secondary N) is 1. The van der Waals surface area contributed by atoms with Crippen molar-refractivity contribution in [2.75, 3.05) is 20.3 Å². The van der Waals surface area contributed by atoms with E-state index in [1.165, 1.54) is 0 Å². The van der Waals surface area contributed by atoms with Crippen LogP contribution in [-0.2, 0) is 11.3 Å². The van der Waals surface area contributed by atoms with Crippen LogP contribution in [-0.4, -0.2) is 41.4 Å². The summed E-state index contributed by atoms with van der Waals surface area (Å²) in [6.07, 6.45) is 3.19. The van der Waals surface area contributed by atoms with E-state index in [-0.39, 0.29) is 18.1 Å². The minimum atomic E-state index is -0.373. The fraction of sp³-hybridized carbons (Fsp3) is 0.643. The zero-order valence-corrected chi connectivity index (χ0v) is 12.0. The normalized spacial score (nSPS) is 14.1. The molecule has 0 aromatic carbocycles. The molecule has 5 heteroatoms. The maximum Gasteiger partial charge on any atom is 0.268 e. The number of hydrogen-bond donors (Lipinski definition) is 2. The van der Waals surface area contributed by atoms with Crippen LogP contribution in [0.25, 0.3) is 0 Å². The molecule has 0 radical (unpaired) electrons. The topological polar surface area (TPSA) is 63.5 Å². The first-order valence-corrected chi connectivity index (χ1v) is 6.63. The summed E-state index contributed by atoms with van der Waals surface area (Å²) in [7, 11) is 1.64. The molecule has 0 aliphatic rings. The summed E-state index contributed by atoms with van der Waals surface area (Å²) >= 11 is 0. The monoisotopic (exact) mass is 268 g/mol. The van der Waals surface area contributed by atoms with E-state index in [1.54, 1.807) is 13.2 Å². The van der Waals surface area contributed by atoms with Crippen LogP contribution in [0.2, 0.25) is 0 Å². The number of hydrogen-bond acceptors (Lipinski definition) is 3. The number of rotatable bonds is 8. The van der Waals surface area contributed by atoms with Gasteiger partial charge in [-0.15, -0.1) is 0 Å². The van der Waals surface area contributed by atoms with Crippen molar-refractivity contribution in [2.24, 2.45) is 0 Å². The van der Waals surface area contributed by atoms with E-state index in [0.29, 0.717) is 25.3 Å². The molecule has 2 N–H and O–H groups in total. The standard InChI is InChI=1S/C14H24N2O3/c1-4-14(2,7-10-17)15-13(18)12-6-5-8-16(12)9-11-19-3/h5-6,8,17H,4,7,9-11H2,1-3H3,(H,15,18). The second kappa shape index (κ2) is 7.31. The molecule has 1 aromatic rings. The Morgan fingerprint density at radius 3 is 2.89 bits per heavy atom. The highest BCUT2D eigenvalue weighted by Gasteiger charge is 2.25. The molecule has 5 nitrogen and oxygen atoms in total. The zero-order chi connectivity index (χ0) is 14.3. The lowest BCUT2D eigenvalue weighted by Crippen LogP contribution is -2.46. The first kappa shape index (κ1) is 15.7. The van der Waals surface area contributed by atoms with Crippen LogP contribution >= 0.6 is 0 Å². The molecule has 1 unspecified atom stereocenters. The van der Waals surface area contributed by atoms with Gasteiger partial charge in [-0.05, 0) is 31.9 Å². The van der Waals surface area contributed by atoms with Crippen LogP contribution in [0.3, 0.4) is 0 Å². The lowest BCUT2D eigenvalue weighted by Gasteiger charge is -2.29. The minimum Gasteiger partial charge on any atom is -0.396 e. The number of aliphatic hydroxyl groups excluding tert-OH is 1. The molecule has 0 spiro atoms. The second-order valence-electron chi connectivity index (χ2n) is 4.92. The van der Waals surface area contributed by atoms with Crippen LogP contribution < -0.4 is 5.32 Å². The molecule has 1 heterocycles. The van der Waals surface area contributed by atoms with E-state index >= 15 is 0 Å². The quantitative estimate of drug-likeness (QED) is 0.749. The Morgan fingerprint density at radius 2 is 2.32 bits per heavy atom. The van der Waals surface area contributed by atoms with Gasteiger partial charge >= 0.3 is 0 Å². The number of aliphatic hydroxyl groups is 1. The number of aromatic nitrogens is 1. The molecule has 0 aliphatic carbocycles. The van der Waals surface area contributed by atoms with Crippen molar-refractivity contribution < 1.29 is 14.6 Å². The second-order valence-corrected chi connectivity index (χ2v) is 4.92. The molecule has 0 saturated carbocycles. The Morgan fingerprint density at radius 1 is 1.58 bits per heavy atom. The SMILES string of the molecule is CCC(C)(CCO)NC(=O)c1cccn1CCOC. The van der Waals surface area contributed by atoms with E-state index in [9.17, 15) is 4.79 Å². The van der Waals surface area contributed by atoms with Crippen molar-refractivity contribution in [2.45, 2.75) is 38.8 Å². The first-order chi connectivity index (χ1) is 9.06. The number of amides is 1. The van der Waals surface area contributed by atoms with Gasteiger partial charge in [0.05, 0.1) is 6.61 Å². The van der Waals surface area contributed by atoms with Crippen molar-refractivity contribution in [3.8, 4) is 0 Å². The average Bonchev–Trinajstić information content (AvgIpc) is 2.85. The lowest BCUT2D eigenvalue weighted by molar-refractivity contribution is 0.0874. The summed E-state index contributed by atoms with van der Waals surface area (Å²) in [6, 6.07) is 3.64. The van der Waals surface area contributed by atoms with Crippen molar-refractivity contribution in [1.82, 2.24) is 9.88 Å². The van der Waals surface area contributed by atoms with Crippen molar-refractivity contribution in [3.63, 3.8) is 0 Å². The van der Waals surface area contributed by atoms with Crippen LogP contribution in [0.1, 0.15) is 37.2 Å². The van der Waals surface area contributed by atoms with Crippen molar-refractivity contribution >= 4 is 5.91 Å². The summed E-state index contributed by atoms with van der Waals surface area (Å²) in [5.41, 5.74) is 0.247. The fourth-order valence-corrected chi connectivity index (χ4v) is 1.92. The number of ether oxygens (including phenoxy) is 1. The predicted molar refractivity (Wildman–Crippen MR) is 74.2 cm³/mol. The highest BCUT2D eigenvalue weighted by molar-refractivity contribution is 5.93. The lowest BCUT2D eigenvalue weighted by atomic mass is 9.95. The van der Waals surface area contributed by atoms with Crippen LogP contribution in [0.4, 0.5) is 0 Å². The van der Waals surface area contributed by atoms with E-state index in [0.717, 1.165) is 6.42 Å². The Kier molecular flexibility index (Phi) is 6.05. The Hall–Kier alpha value is -1.33. The van der Waals surface area contributed by atoms with Gasteiger partial charge in [-0.3, -0.25) is 4.79 Å². The Bertz CT molecular complexity index is 403. The number of carbonyl (C=O) groups excluding carboxylic acids is 1. The molecule has 108 valence electrons. The van der Waals surface area contributed by atoms with Gasteiger partial charge in [-0.2, -0.15) is 0 Å². The Balaban J connectivity index is 2.74. The maximum absolute atomic E-state index is 12.3. The average molecular weight is 268 g/mol. The van der Waals surface area contributed by atoms with Crippen LogP contribution in [0.15, 0.2) is 18.3 Å². The molecular formula is C14H24N2O3. The molecule has 1 aromatic heterocycles. The van der Waals surface area contributed by atoms with Crippen molar-refractivity contribution in [1.29, 1.82) is 0 Å². The highest BCUT2D eigenvalue weighted by atomic mass is 16.5. The Labute approximate surface area is 114 Å². The molecule has 0 fully saturated rings. The zero-order valence-electron chi connectivity index (χ0n) is 12.0. The number of carbonyl (C=O) groups is 1. The van der Waals surface area contributed by atoms with Gasteiger partial charge in [0.1, 0.15) is 5.69 Å². The molecule has 0 bridgehead atoms. The van der Waals surface area contributed by atoms with E-state index in [2.05, 4.69) is 5.32 Å². The highest BCUT2D eigenvalue weighted by Crippen LogP contribution is 2.15. The molecule has 1 atom stereocenters. The van der Waals surface area contributed by atoms with E-state index < -0.39 is 0 Å². The van der Waals surface area contributed by atoms with Gasteiger partial charge in [0.2, 0.25) is 0 Å². The number of nitrogens with zero attached hydrogens (tertiary/aromatic N) is 1. The summed E-state index contributed by atoms with van der Waals surface area (Å²) in [5, 5.41) is 12.1. The maximum atomic E-state index is 12.3. The molecule has 19 heavy (non-hydrogen) atoms. The molecule has 0 aliphatic heterocycles. The van der Waals surface area contributed by atoms with Gasteiger partial charge in [0, 0.05) is 32.0 Å². The summed E-state index contributed by atoms with van der Waals surface area (Å²) in [4.78, 5) is 12.3. The van der Waals surface area contributed by atoms with Crippen LogP contribution in [0, 0.1) is 0 Å². The molecular weight excluding hydrogens is 244 g/mol. The number of methoxy groups -OCH3 is 1. The third kappa shape index (κ3) is 4.36. The van der Waals surface area contributed by atoms with Crippen LogP contribution in [0.5, 0.6) is 0 Å². The summed E-state index contributed by atoms with van der Waals surface area (Å²) in [5.74, 6) is -0.112. The minimum absolute atomic E-state index is 0.0648. The van der Waals surface area contributed by atoms with E-state index in [1.807, 2.05) is 30.7 Å². The van der Waals surface area contributed by atoms with Gasteiger partial charge in [-0.1, -0.05) is 6.92 Å². The largest absolute Gasteiger partial charge is 0.396 e. The van der Waals surface area contributed by atoms with Gasteiger partial charge in [0.25, 0.3) is 5.91 Å². The van der Waals surface area contributed by atoms with Gasteiger partial charge < -0.3 is 19.7 Å². The predicted octanol–water partition coefficient (Wildman–Crippen LogP) is 1.42. The molecule has 0 saturated heterocycles. The smallest absolute Gasteiger partial charge is 0.268 e. The summed E-state index contributed by atoms with van der Waals surface area (Å²) in [6.45, 7) is 5.23. The van der Waals surface area contributed by atoms with Crippen molar-refractivity contribution in [3.05, 3.63) is 24.0 Å². The third-order valence-corrected chi connectivity index (χ3v) is 3.46. The van der Waals surface area contributed by atoms with E-state index in [4.69, 9.17) is 9.84 Å². The summed E-state index contributed by atoms with van der Waals surface area (Å²) < 4.78 is 6.89. The first-order valence-electron chi connectivity index (χ1n) is 6.63. The van der Waals surface area contributed by atoms with Gasteiger partial charge in [0.15, 0.2) is 0 Å². The molecule has 1 rings (SSSR count). The van der Waals surface area contributed by atoms with Gasteiger partial charge in [-0.25, -0.2) is 0 Å². The third-order valence-electron chi connectivity index (χ3n) is 3.46.